The third-order valence-corrected chi connectivity index (χ3v) is 3.75. The fraction of sp³-hybridized carbons (Fsp3) is 0.500. The molecule has 1 atom stereocenters. The van der Waals surface area contributed by atoms with E-state index in [1.54, 1.807) is 6.92 Å². The van der Waals surface area contributed by atoms with E-state index in [1.165, 1.54) is 0 Å². The van der Waals surface area contributed by atoms with Crippen molar-refractivity contribution in [1.29, 1.82) is 0 Å². The molecule has 0 unspecified atom stereocenters. The van der Waals surface area contributed by atoms with Crippen molar-refractivity contribution in [2.24, 2.45) is 0 Å². The molecule has 0 bridgehead atoms. The van der Waals surface area contributed by atoms with Crippen LogP contribution in [0, 0.1) is 0 Å². The van der Waals surface area contributed by atoms with Crippen LogP contribution in [0.25, 0.3) is 0 Å². The summed E-state index contributed by atoms with van der Waals surface area (Å²) in [6, 6.07) is 8.13. The van der Waals surface area contributed by atoms with Gasteiger partial charge in [-0.05, 0) is 30.5 Å². The minimum atomic E-state index is 0.145. The third-order valence-electron chi connectivity index (χ3n) is 3.22. The van der Waals surface area contributed by atoms with Crippen molar-refractivity contribution >= 4 is 21.8 Å². The van der Waals surface area contributed by atoms with Gasteiger partial charge < -0.3 is 9.64 Å². The molecule has 0 saturated carbocycles. The van der Waals surface area contributed by atoms with E-state index in [-0.39, 0.29) is 12.0 Å². The van der Waals surface area contributed by atoms with Crippen LogP contribution in [0.5, 0.6) is 0 Å². The molecular weight excluding hydrogens is 294 g/mol. The lowest BCUT2D eigenvalue weighted by Gasteiger charge is -2.32. The van der Waals surface area contributed by atoms with E-state index >= 15 is 0 Å². The molecule has 18 heavy (non-hydrogen) atoms. The number of piperidine rings is 1. The predicted octanol–water partition coefficient (Wildman–Crippen LogP) is 2.98. The molecule has 1 aliphatic heterocycles. The summed E-state index contributed by atoms with van der Waals surface area (Å²) in [5, 5.41) is 0. The van der Waals surface area contributed by atoms with Crippen molar-refractivity contribution < 1.29 is 9.53 Å². The fourth-order valence-electron chi connectivity index (χ4n) is 2.15. The quantitative estimate of drug-likeness (QED) is 0.859. The summed E-state index contributed by atoms with van der Waals surface area (Å²) >= 11 is 3.41. The smallest absolute Gasteiger partial charge is 0.219 e. The zero-order valence-electron chi connectivity index (χ0n) is 10.6. The molecule has 1 fully saturated rings. The highest BCUT2D eigenvalue weighted by Crippen LogP contribution is 2.16. The first-order chi connectivity index (χ1) is 8.65. The van der Waals surface area contributed by atoms with Crippen LogP contribution in [0.2, 0.25) is 0 Å². The Bertz CT molecular complexity index is 405. The highest BCUT2D eigenvalue weighted by molar-refractivity contribution is 9.10. The maximum Gasteiger partial charge on any atom is 0.219 e. The van der Waals surface area contributed by atoms with Gasteiger partial charge in [0.25, 0.3) is 0 Å². The summed E-state index contributed by atoms with van der Waals surface area (Å²) in [6.07, 6.45) is 2.25. The molecule has 2 rings (SSSR count). The second-order valence-electron chi connectivity index (χ2n) is 4.67. The van der Waals surface area contributed by atoms with Gasteiger partial charge in [0.1, 0.15) is 0 Å². The molecule has 1 aromatic rings. The first-order valence-corrected chi connectivity index (χ1v) is 7.06. The first kappa shape index (κ1) is 13.6. The predicted molar refractivity (Wildman–Crippen MR) is 74.2 cm³/mol. The Morgan fingerprint density at radius 3 is 2.83 bits per heavy atom. The lowest BCUT2D eigenvalue weighted by molar-refractivity contribution is -0.133. The van der Waals surface area contributed by atoms with Gasteiger partial charge >= 0.3 is 0 Å². The van der Waals surface area contributed by atoms with E-state index < -0.39 is 0 Å². The normalized spacial score (nSPS) is 19.9. The zero-order chi connectivity index (χ0) is 13.0. The average Bonchev–Trinajstić information content (AvgIpc) is 2.38. The molecule has 0 radical (unpaired) electrons. The van der Waals surface area contributed by atoms with Crippen LogP contribution >= 0.6 is 15.9 Å². The van der Waals surface area contributed by atoms with Gasteiger partial charge in [0.15, 0.2) is 0 Å². The van der Waals surface area contributed by atoms with E-state index in [0.717, 1.165) is 36.0 Å². The van der Waals surface area contributed by atoms with Crippen molar-refractivity contribution in [3.63, 3.8) is 0 Å². The average molecular weight is 312 g/mol. The third kappa shape index (κ3) is 3.82. The Hall–Kier alpha value is -0.870. The Balaban J connectivity index is 1.82. The number of likely N-dealkylation sites (tertiary alicyclic amines) is 1. The van der Waals surface area contributed by atoms with E-state index in [2.05, 4.69) is 28.1 Å². The van der Waals surface area contributed by atoms with Gasteiger partial charge in [-0.2, -0.15) is 0 Å². The number of ether oxygens (including phenoxy) is 1. The molecule has 3 nitrogen and oxygen atoms in total. The second-order valence-corrected chi connectivity index (χ2v) is 5.58. The summed E-state index contributed by atoms with van der Waals surface area (Å²) in [5.74, 6) is 0.145. The number of hydrogen-bond acceptors (Lipinski definition) is 2. The summed E-state index contributed by atoms with van der Waals surface area (Å²) in [6.45, 7) is 3.83. The van der Waals surface area contributed by atoms with Gasteiger partial charge in [0.2, 0.25) is 5.91 Å². The van der Waals surface area contributed by atoms with Crippen LogP contribution in [0.1, 0.15) is 25.3 Å². The van der Waals surface area contributed by atoms with Crippen LogP contribution in [0.15, 0.2) is 28.7 Å². The maximum absolute atomic E-state index is 11.3. The van der Waals surface area contributed by atoms with Gasteiger partial charge in [0.05, 0.1) is 12.7 Å². The van der Waals surface area contributed by atoms with Crippen molar-refractivity contribution in [3.8, 4) is 0 Å². The molecule has 1 heterocycles. The number of carbonyl (C=O) groups is 1. The minimum absolute atomic E-state index is 0.145. The monoisotopic (exact) mass is 311 g/mol. The largest absolute Gasteiger partial charge is 0.372 e. The number of hydrogen-bond donors (Lipinski definition) is 0. The Morgan fingerprint density at radius 1 is 1.44 bits per heavy atom. The van der Waals surface area contributed by atoms with Gasteiger partial charge in [0, 0.05) is 24.5 Å². The molecule has 1 saturated heterocycles. The molecule has 4 heteroatoms. The topological polar surface area (TPSA) is 29.5 Å². The summed E-state index contributed by atoms with van der Waals surface area (Å²) in [4.78, 5) is 13.2. The highest BCUT2D eigenvalue weighted by atomic mass is 79.9. The lowest BCUT2D eigenvalue weighted by atomic mass is 10.1. The van der Waals surface area contributed by atoms with Gasteiger partial charge in [-0.1, -0.05) is 28.1 Å². The summed E-state index contributed by atoms with van der Waals surface area (Å²) in [5.41, 5.74) is 1.16. The Morgan fingerprint density at radius 2 is 2.17 bits per heavy atom. The molecule has 1 aromatic carbocycles. The van der Waals surface area contributed by atoms with E-state index in [1.807, 2.05) is 17.0 Å². The first-order valence-electron chi connectivity index (χ1n) is 6.26. The second kappa shape index (κ2) is 6.34. The molecular formula is C14H18BrNO2. The zero-order valence-corrected chi connectivity index (χ0v) is 12.1. The van der Waals surface area contributed by atoms with Crippen molar-refractivity contribution in [3.05, 3.63) is 34.3 Å². The number of halogens is 1. The van der Waals surface area contributed by atoms with E-state index in [0.29, 0.717) is 6.61 Å². The number of carbonyl (C=O) groups excluding carboxylic acids is 1. The van der Waals surface area contributed by atoms with Gasteiger partial charge in [-0.3, -0.25) is 4.79 Å². The van der Waals surface area contributed by atoms with Crippen molar-refractivity contribution in [1.82, 2.24) is 4.90 Å². The molecule has 1 aliphatic rings. The van der Waals surface area contributed by atoms with Crippen LogP contribution in [-0.4, -0.2) is 30.0 Å². The maximum atomic E-state index is 11.3. The Labute approximate surface area is 116 Å². The fourth-order valence-corrected chi connectivity index (χ4v) is 2.42. The van der Waals surface area contributed by atoms with Crippen LogP contribution in [0.4, 0.5) is 0 Å². The number of rotatable bonds is 3. The number of benzene rings is 1. The number of nitrogens with zero attached hydrogens (tertiary/aromatic N) is 1. The van der Waals surface area contributed by atoms with Crippen LogP contribution in [-0.2, 0) is 16.1 Å². The van der Waals surface area contributed by atoms with Gasteiger partial charge in [-0.25, -0.2) is 0 Å². The molecule has 1 amide bonds. The SMILES string of the molecule is CC(=O)N1CCC[C@@H](OCc2ccc(Br)cc2)C1. The van der Waals surface area contributed by atoms with Crippen molar-refractivity contribution in [2.45, 2.75) is 32.5 Å². The van der Waals surface area contributed by atoms with Gasteiger partial charge in [-0.15, -0.1) is 0 Å². The minimum Gasteiger partial charge on any atom is -0.372 e. The summed E-state index contributed by atoms with van der Waals surface area (Å²) in [7, 11) is 0. The van der Waals surface area contributed by atoms with E-state index in [9.17, 15) is 4.79 Å². The standard InChI is InChI=1S/C14H18BrNO2/c1-11(17)16-8-2-3-14(9-16)18-10-12-4-6-13(15)7-5-12/h4-7,14H,2-3,8-10H2,1H3/t14-/m1/s1. The van der Waals surface area contributed by atoms with Crippen LogP contribution < -0.4 is 0 Å². The number of amides is 1. The Kier molecular flexibility index (Phi) is 4.78. The highest BCUT2D eigenvalue weighted by Gasteiger charge is 2.21. The lowest BCUT2D eigenvalue weighted by Crippen LogP contribution is -2.42. The molecule has 0 aliphatic carbocycles. The molecule has 0 aromatic heterocycles. The molecule has 0 spiro atoms. The summed E-state index contributed by atoms with van der Waals surface area (Å²) < 4.78 is 6.96. The molecule has 98 valence electrons. The van der Waals surface area contributed by atoms with Crippen LogP contribution in [0.3, 0.4) is 0 Å². The van der Waals surface area contributed by atoms with Crippen molar-refractivity contribution in [2.75, 3.05) is 13.1 Å². The molecule has 0 N–H and O–H groups in total. The van der Waals surface area contributed by atoms with E-state index in [4.69, 9.17) is 4.74 Å².